The van der Waals surface area contributed by atoms with Crippen molar-refractivity contribution in [3.8, 4) is 0 Å². The number of phosphoric acid groups is 1. The van der Waals surface area contributed by atoms with Crippen molar-refractivity contribution in [1.82, 2.24) is 5.32 Å². The summed E-state index contributed by atoms with van der Waals surface area (Å²) in [6, 6.07) is -0.908. The van der Waals surface area contributed by atoms with Crippen molar-refractivity contribution in [1.29, 1.82) is 0 Å². The normalized spacial score (nSPS) is 14.9. The molecule has 8 nitrogen and oxygen atoms in total. The van der Waals surface area contributed by atoms with Crippen LogP contribution >= 0.6 is 7.82 Å². The quantitative estimate of drug-likeness (QED) is 0.0272. The Morgan fingerprint density at radius 2 is 0.954 bits per heavy atom. The Morgan fingerprint density at radius 1 is 0.554 bits per heavy atom. The van der Waals surface area contributed by atoms with Crippen molar-refractivity contribution < 1.29 is 32.9 Å². The SMILES string of the molecule is CC/C=C\C/C=C\C/C=C\C/C=C\C/C=C\C/C=C\CCCCCCCCCCCCCCC(=O)NC(COP(=O)([O-])OCC[N+](C)(C)C)C(O)/C=C/CC/C=C/CCCCCCCC. The minimum Gasteiger partial charge on any atom is -0.756 e. The molecule has 0 aliphatic heterocycles. The van der Waals surface area contributed by atoms with Crippen molar-refractivity contribution >= 4 is 13.7 Å². The fourth-order valence-corrected chi connectivity index (χ4v) is 7.66. The highest BCUT2D eigenvalue weighted by Crippen LogP contribution is 2.38. The number of nitrogens with one attached hydrogen (secondary N) is 1. The molecule has 0 heterocycles. The summed E-state index contributed by atoms with van der Waals surface area (Å²) in [5.41, 5.74) is 0. The lowest BCUT2D eigenvalue weighted by atomic mass is 10.0. The second-order valence-electron chi connectivity index (χ2n) is 18.5. The van der Waals surface area contributed by atoms with Gasteiger partial charge in [-0.2, -0.15) is 0 Å². The van der Waals surface area contributed by atoms with Crippen molar-refractivity contribution in [2.75, 3.05) is 40.9 Å². The summed E-state index contributed by atoms with van der Waals surface area (Å²) in [7, 11) is 1.23. The van der Waals surface area contributed by atoms with E-state index in [2.05, 4.69) is 104 Å². The van der Waals surface area contributed by atoms with Gasteiger partial charge in [-0.15, -0.1) is 0 Å². The van der Waals surface area contributed by atoms with Crippen molar-refractivity contribution in [2.24, 2.45) is 0 Å². The van der Waals surface area contributed by atoms with E-state index in [-0.39, 0.29) is 12.5 Å². The largest absolute Gasteiger partial charge is 0.756 e. The van der Waals surface area contributed by atoms with Crippen molar-refractivity contribution in [3.63, 3.8) is 0 Å². The third-order valence-corrected chi connectivity index (χ3v) is 12.0. The predicted octanol–water partition coefficient (Wildman–Crippen LogP) is 14.8. The fourth-order valence-electron chi connectivity index (χ4n) is 6.94. The van der Waals surface area contributed by atoms with Gasteiger partial charge >= 0.3 is 0 Å². The van der Waals surface area contributed by atoms with Gasteiger partial charge in [0.05, 0.1) is 39.9 Å². The van der Waals surface area contributed by atoms with Gasteiger partial charge in [-0.1, -0.05) is 207 Å². The van der Waals surface area contributed by atoms with Crippen LogP contribution in [-0.2, 0) is 18.4 Å². The van der Waals surface area contributed by atoms with Crippen LogP contribution in [0.1, 0.15) is 200 Å². The molecule has 0 aliphatic rings. The number of aliphatic hydroxyl groups is 1. The molecule has 0 bridgehead atoms. The van der Waals surface area contributed by atoms with Gasteiger partial charge in [0.2, 0.25) is 5.91 Å². The number of hydrogen-bond donors (Lipinski definition) is 2. The van der Waals surface area contributed by atoms with E-state index >= 15 is 0 Å². The first kappa shape index (κ1) is 62.4. The van der Waals surface area contributed by atoms with Gasteiger partial charge in [0.15, 0.2) is 0 Å². The third-order valence-electron chi connectivity index (χ3n) is 11.0. The predicted molar refractivity (Wildman–Crippen MR) is 279 cm³/mol. The van der Waals surface area contributed by atoms with Gasteiger partial charge in [0.25, 0.3) is 7.82 Å². The molecule has 0 aromatic carbocycles. The summed E-state index contributed by atoms with van der Waals surface area (Å²) >= 11 is 0. The number of allylic oxidation sites excluding steroid dienone is 15. The van der Waals surface area contributed by atoms with Crippen LogP contribution in [0.2, 0.25) is 0 Å². The zero-order chi connectivity index (χ0) is 47.8. The Balaban J connectivity index is 4.17. The van der Waals surface area contributed by atoms with Crippen molar-refractivity contribution in [2.45, 2.75) is 212 Å². The van der Waals surface area contributed by atoms with E-state index in [1.165, 1.54) is 103 Å². The van der Waals surface area contributed by atoms with Crippen LogP contribution in [0, 0.1) is 0 Å². The lowest BCUT2D eigenvalue weighted by Crippen LogP contribution is -2.45. The maximum Gasteiger partial charge on any atom is 0.268 e. The molecule has 0 radical (unpaired) electrons. The minimum atomic E-state index is -4.60. The fraction of sp³-hybridized carbons (Fsp3) is 0.696. The van der Waals surface area contributed by atoms with Crippen LogP contribution in [0.15, 0.2) is 97.2 Å². The molecule has 0 aromatic heterocycles. The number of aliphatic hydroxyl groups excluding tert-OH is 1. The number of phosphoric ester groups is 1. The Bertz CT molecular complexity index is 1370. The van der Waals surface area contributed by atoms with Crippen molar-refractivity contribution in [3.05, 3.63) is 97.2 Å². The van der Waals surface area contributed by atoms with E-state index in [4.69, 9.17) is 9.05 Å². The average Bonchev–Trinajstić information content (AvgIpc) is 3.26. The number of hydrogen-bond acceptors (Lipinski definition) is 6. The standard InChI is InChI=1S/C56H99N2O6P/c1-6-8-10-12-14-16-18-20-21-22-23-24-25-26-27-28-29-30-31-32-33-34-35-36-37-38-40-42-44-46-48-50-56(60)57-54(53-64-65(61,62)63-52-51-58(3,4)5)55(59)49-47-45-43-41-39-19-17-15-13-11-9-7-2/h8,10,14,16,20-21,23-24,26-27,29-30,39,41,47,49,54-55,59H,6-7,9,11-13,15,17-19,22,25,28,31-38,40,42-46,48,50-53H2,1-5H3,(H-,57,60,61,62)/b10-8-,16-14-,21-20-,24-23-,27-26-,30-29-,41-39+,49-47+. The lowest BCUT2D eigenvalue weighted by Gasteiger charge is -2.29. The molecule has 0 saturated heterocycles. The van der Waals surface area contributed by atoms with E-state index in [0.717, 1.165) is 77.0 Å². The highest BCUT2D eigenvalue weighted by Gasteiger charge is 2.23. The Kier molecular flexibility index (Phi) is 44.7. The number of quaternary nitrogens is 1. The molecule has 9 heteroatoms. The molecule has 0 aliphatic carbocycles. The first-order chi connectivity index (χ1) is 31.5. The smallest absolute Gasteiger partial charge is 0.268 e. The first-order valence-electron chi connectivity index (χ1n) is 26.1. The van der Waals surface area contributed by atoms with E-state index < -0.39 is 26.6 Å². The summed E-state index contributed by atoms with van der Waals surface area (Å²) in [5, 5.41) is 13.8. The summed E-state index contributed by atoms with van der Waals surface area (Å²) in [4.78, 5) is 25.4. The summed E-state index contributed by atoms with van der Waals surface area (Å²) in [6.45, 7) is 4.48. The number of rotatable bonds is 46. The zero-order valence-electron chi connectivity index (χ0n) is 42.4. The van der Waals surface area contributed by atoms with Crippen LogP contribution in [0.4, 0.5) is 0 Å². The monoisotopic (exact) mass is 927 g/mol. The molecule has 1 amide bonds. The van der Waals surface area contributed by atoms with Crippen LogP contribution < -0.4 is 10.2 Å². The Morgan fingerprint density at radius 3 is 1.43 bits per heavy atom. The molecule has 0 saturated carbocycles. The number of carbonyl (C=O) groups is 1. The molecular formula is C56H99N2O6P. The molecule has 0 rings (SSSR count). The maximum absolute atomic E-state index is 12.9. The minimum absolute atomic E-state index is 0.0109. The van der Waals surface area contributed by atoms with Crippen LogP contribution in [0.3, 0.4) is 0 Å². The van der Waals surface area contributed by atoms with Gasteiger partial charge in [0.1, 0.15) is 13.2 Å². The van der Waals surface area contributed by atoms with Crippen LogP contribution in [0.5, 0.6) is 0 Å². The molecule has 65 heavy (non-hydrogen) atoms. The van der Waals surface area contributed by atoms with Gasteiger partial charge < -0.3 is 28.8 Å². The number of carbonyl (C=O) groups excluding carboxylic acids is 1. The molecule has 3 atom stereocenters. The number of likely N-dealkylation sites (N-methyl/N-ethyl adjacent to an activating group) is 1. The van der Waals surface area contributed by atoms with Gasteiger partial charge in [-0.05, 0) is 83.5 Å². The van der Waals surface area contributed by atoms with Crippen LogP contribution in [0.25, 0.3) is 0 Å². The average molecular weight is 927 g/mol. The molecule has 0 fully saturated rings. The first-order valence-corrected chi connectivity index (χ1v) is 27.6. The Hall–Kier alpha value is -2.58. The second kappa shape index (κ2) is 46.5. The van der Waals surface area contributed by atoms with Crippen LogP contribution in [-0.4, -0.2) is 68.5 Å². The molecule has 3 unspecified atom stereocenters. The van der Waals surface area contributed by atoms with Gasteiger partial charge in [-0.3, -0.25) is 9.36 Å². The van der Waals surface area contributed by atoms with E-state index in [1.54, 1.807) is 6.08 Å². The topological polar surface area (TPSA) is 108 Å². The summed E-state index contributed by atoms with van der Waals surface area (Å²) < 4.78 is 23.2. The highest BCUT2D eigenvalue weighted by molar-refractivity contribution is 7.45. The van der Waals surface area contributed by atoms with E-state index in [0.29, 0.717) is 17.4 Å². The zero-order valence-corrected chi connectivity index (χ0v) is 43.3. The Labute approximate surface area is 400 Å². The van der Waals surface area contributed by atoms with Gasteiger partial charge in [0, 0.05) is 6.42 Å². The highest BCUT2D eigenvalue weighted by atomic mass is 31.2. The molecule has 0 aromatic rings. The number of nitrogens with zero attached hydrogens (tertiary/aromatic N) is 1. The number of unbranched alkanes of at least 4 members (excludes halogenated alkanes) is 19. The third kappa shape index (κ3) is 49.2. The molecule has 2 N–H and O–H groups in total. The molecular weight excluding hydrogens is 828 g/mol. The summed E-state index contributed by atoms with van der Waals surface area (Å²) in [5.74, 6) is -0.215. The molecule has 0 spiro atoms. The van der Waals surface area contributed by atoms with Gasteiger partial charge in [-0.25, -0.2) is 0 Å². The summed E-state index contributed by atoms with van der Waals surface area (Å²) in [6.07, 6.45) is 66.2. The second-order valence-corrected chi connectivity index (χ2v) is 19.9. The lowest BCUT2D eigenvalue weighted by molar-refractivity contribution is -0.870. The number of amides is 1. The maximum atomic E-state index is 12.9. The van der Waals surface area contributed by atoms with E-state index in [9.17, 15) is 19.4 Å². The molecule has 374 valence electrons. The van der Waals surface area contributed by atoms with E-state index in [1.807, 2.05) is 27.2 Å².